The maximum Gasteiger partial charge on any atom is 0.240 e. The van der Waals surface area contributed by atoms with Gasteiger partial charge >= 0.3 is 0 Å². The molecule has 2 heterocycles. The van der Waals surface area contributed by atoms with Crippen LogP contribution in [0.2, 0.25) is 0 Å². The van der Waals surface area contributed by atoms with E-state index in [1.807, 2.05) is 12.1 Å². The Morgan fingerprint density at radius 3 is 2.10 bits per heavy atom. The Kier molecular flexibility index (Phi) is 6.91. The van der Waals surface area contributed by atoms with Crippen LogP contribution in [0.5, 0.6) is 23.0 Å². The molecule has 0 saturated heterocycles. The van der Waals surface area contributed by atoms with Gasteiger partial charge in [0.1, 0.15) is 22.7 Å². The molecule has 0 radical (unpaired) electrons. The molecule has 1 saturated carbocycles. The number of aromatic nitrogens is 1. The number of hydrogen-bond donors (Lipinski definition) is 3. The molecule has 2 aliphatic rings. The number of fused-ring (bicyclic) bond motifs is 2. The van der Waals surface area contributed by atoms with E-state index in [9.17, 15) is 14.0 Å². The highest BCUT2D eigenvalue weighted by Crippen LogP contribution is 2.48. The highest BCUT2D eigenvalue weighted by molar-refractivity contribution is 6.16. The highest BCUT2D eigenvalue weighted by Gasteiger charge is 2.56. The number of anilines is 4. The fraction of sp³-hybridized carbons (Fsp3) is 0.161. The van der Waals surface area contributed by atoms with Crippen LogP contribution >= 0.6 is 0 Å². The molecule has 3 N–H and O–H groups in total. The lowest BCUT2D eigenvalue weighted by Crippen LogP contribution is -2.35. The van der Waals surface area contributed by atoms with Crippen LogP contribution in [0, 0.1) is 11.2 Å². The summed E-state index contributed by atoms with van der Waals surface area (Å²) in [6.45, 7) is 0. The van der Waals surface area contributed by atoms with Gasteiger partial charge < -0.3 is 30.2 Å². The molecule has 0 atom stereocenters. The lowest BCUT2D eigenvalue weighted by molar-refractivity contribution is -0.131. The SMILES string of the molecule is COc1cc2c(cc1OC)Nc1nccc(Oc3ccc(NC(=O)C4(C(=O)Nc5ccc(F)cc5)CC4)cc3)c1N=C2. The number of benzene rings is 3. The zero-order chi connectivity index (χ0) is 29.3. The first-order chi connectivity index (χ1) is 20.4. The smallest absolute Gasteiger partial charge is 0.240 e. The van der Waals surface area contributed by atoms with Crippen LogP contribution in [0.1, 0.15) is 18.4 Å². The van der Waals surface area contributed by atoms with Crippen molar-refractivity contribution in [3.63, 3.8) is 0 Å². The Labute approximate surface area is 240 Å². The number of halogens is 1. The van der Waals surface area contributed by atoms with Crippen LogP contribution in [0.4, 0.5) is 33.0 Å². The monoisotopic (exact) mass is 567 g/mol. The fourth-order valence-corrected chi connectivity index (χ4v) is 4.56. The van der Waals surface area contributed by atoms with Gasteiger partial charge in [0.2, 0.25) is 11.8 Å². The average molecular weight is 568 g/mol. The molecule has 0 bridgehead atoms. The second-order valence-electron chi connectivity index (χ2n) is 9.81. The summed E-state index contributed by atoms with van der Waals surface area (Å²) in [6.07, 6.45) is 4.17. The van der Waals surface area contributed by atoms with Crippen molar-refractivity contribution in [2.24, 2.45) is 10.4 Å². The molecule has 3 aromatic carbocycles. The van der Waals surface area contributed by atoms with Crippen molar-refractivity contribution in [3.05, 3.63) is 84.3 Å². The summed E-state index contributed by atoms with van der Waals surface area (Å²) < 4.78 is 30.1. The second-order valence-corrected chi connectivity index (χ2v) is 9.81. The summed E-state index contributed by atoms with van der Waals surface area (Å²) in [5, 5.41) is 8.80. The Bertz CT molecular complexity index is 1700. The third kappa shape index (κ3) is 5.19. The number of aliphatic imine (C=N–C) groups is 1. The molecule has 11 heteroatoms. The van der Waals surface area contributed by atoms with E-state index in [-0.39, 0.29) is 0 Å². The Balaban J connectivity index is 1.14. The van der Waals surface area contributed by atoms with Gasteiger partial charge in [0, 0.05) is 41.5 Å². The van der Waals surface area contributed by atoms with E-state index in [0.717, 1.165) is 11.3 Å². The predicted molar refractivity (Wildman–Crippen MR) is 156 cm³/mol. The van der Waals surface area contributed by atoms with E-state index in [0.29, 0.717) is 58.7 Å². The molecule has 1 aromatic heterocycles. The zero-order valence-corrected chi connectivity index (χ0v) is 22.7. The Morgan fingerprint density at radius 1 is 0.857 bits per heavy atom. The molecule has 1 aliphatic carbocycles. The van der Waals surface area contributed by atoms with Gasteiger partial charge in [0.15, 0.2) is 23.1 Å². The van der Waals surface area contributed by atoms with Crippen LogP contribution in [-0.2, 0) is 9.59 Å². The number of carbonyl (C=O) groups is 2. The minimum absolute atomic E-state index is 0.400. The maximum absolute atomic E-state index is 13.2. The van der Waals surface area contributed by atoms with Crippen molar-refractivity contribution in [2.45, 2.75) is 12.8 Å². The third-order valence-corrected chi connectivity index (χ3v) is 7.09. The van der Waals surface area contributed by atoms with Crippen molar-refractivity contribution in [1.29, 1.82) is 0 Å². The molecule has 10 nitrogen and oxygen atoms in total. The van der Waals surface area contributed by atoms with Crippen molar-refractivity contribution in [1.82, 2.24) is 4.98 Å². The molecule has 1 fully saturated rings. The molecule has 212 valence electrons. The number of pyridine rings is 1. The van der Waals surface area contributed by atoms with Gasteiger partial charge in [-0.05, 0) is 67.4 Å². The first kappa shape index (κ1) is 26.8. The van der Waals surface area contributed by atoms with E-state index in [4.69, 9.17) is 14.2 Å². The van der Waals surface area contributed by atoms with Gasteiger partial charge in [0.25, 0.3) is 0 Å². The van der Waals surface area contributed by atoms with Crippen molar-refractivity contribution in [2.75, 3.05) is 30.2 Å². The summed E-state index contributed by atoms with van der Waals surface area (Å²) >= 11 is 0. The van der Waals surface area contributed by atoms with E-state index >= 15 is 0 Å². The van der Waals surface area contributed by atoms with Gasteiger partial charge in [-0.2, -0.15) is 0 Å². The number of hydrogen-bond acceptors (Lipinski definition) is 8. The average Bonchev–Trinajstić information content (AvgIpc) is 3.83. The van der Waals surface area contributed by atoms with Gasteiger partial charge in [0.05, 0.1) is 19.9 Å². The molecule has 42 heavy (non-hydrogen) atoms. The number of carbonyl (C=O) groups excluding carboxylic acids is 2. The van der Waals surface area contributed by atoms with Crippen molar-refractivity contribution < 1.29 is 28.2 Å². The molecule has 2 amide bonds. The molecular weight excluding hydrogens is 541 g/mol. The van der Waals surface area contributed by atoms with E-state index in [1.165, 1.54) is 24.3 Å². The van der Waals surface area contributed by atoms with Crippen LogP contribution in [0.25, 0.3) is 0 Å². The van der Waals surface area contributed by atoms with Crippen LogP contribution in [0.3, 0.4) is 0 Å². The van der Waals surface area contributed by atoms with Crippen LogP contribution < -0.4 is 30.2 Å². The summed E-state index contributed by atoms with van der Waals surface area (Å²) in [6, 6.07) is 17.6. The number of methoxy groups -OCH3 is 2. The number of amides is 2. The summed E-state index contributed by atoms with van der Waals surface area (Å²) in [4.78, 5) is 34.9. The largest absolute Gasteiger partial charge is 0.493 e. The normalized spacial score (nSPS) is 13.9. The first-order valence-corrected chi connectivity index (χ1v) is 13.1. The van der Waals surface area contributed by atoms with E-state index in [2.05, 4.69) is 25.9 Å². The predicted octanol–water partition coefficient (Wildman–Crippen LogP) is 6.20. The third-order valence-electron chi connectivity index (χ3n) is 7.09. The minimum Gasteiger partial charge on any atom is -0.493 e. The van der Waals surface area contributed by atoms with Gasteiger partial charge in [-0.3, -0.25) is 9.59 Å². The minimum atomic E-state index is -1.16. The van der Waals surface area contributed by atoms with E-state index < -0.39 is 23.0 Å². The molecule has 6 rings (SSSR count). The van der Waals surface area contributed by atoms with Crippen LogP contribution in [-0.4, -0.2) is 37.2 Å². The molecule has 0 unspecified atom stereocenters. The van der Waals surface area contributed by atoms with Crippen molar-refractivity contribution >= 4 is 46.6 Å². The first-order valence-electron chi connectivity index (χ1n) is 13.1. The second kappa shape index (κ2) is 10.8. The highest BCUT2D eigenvalue weighted by atomic mass is 19.1. The summed E-state index contributed by atoms with van der Waals surface area (Å²) in [5.74, 6) is 1.41. The van der Waals surface area contributed by atoms with Gasteiger partial charge in [-0.25, -0.2) is 14.4 Å². The molecule has 1 aliphatic heterocycles. The lowest BCUT2D eigenvalue weighted by atomic mass is 10.0. The fourth-order valence-electron chi connectivity index (χ4n) is 4.56. The topological polar surface area (TPSA) is 123 Å². The zero-order valence-electron chi connectivity index (χ0n) is 22.7. The lowest BCUT2D eigenvalue weighted by Gasteiger charge is -2.16. The van der Waals surface area contributed by atoms with Crippen LogP contribution in [0.15, 0.2) is 77.9 Å². The quantitative estimate of drug-likeness (QED) is 0.191. The van der Waals surface area contributed by atoms with Gasteiger partial charge in [-0.1, -0.05) is 0 Å². The Hall–Kier alpha value is -5.45. The van der Waals surface area contributed by atoms with E-state index in [1.54, 1.807) is 57.0 Å². The van der Waals surface area contributed by atoms with Crippen molar-refractivity contribution in [3.8, 4) is 23.0 Å². The van der Waals surface area contributed by atoms with Gasteiger partial charge in [-0.15, -0.1) is 0 Å². The maximum atomic E-state index is 13.2. The summed E-state index contributed by atoms with van der Waals surface area (Å²) in [7, 11) is 3.14. The number of ether oxygens (including phenoxy) is 3. The number of nitrogens with one attached hydrogen (secondary N) is 3. The number of nitrogens with zero attached hydrogens (tertiary/aromatic N) is 2. The number of rotatable bonds is 8. The molecule has 0 spiro atoms. The molecule has 4 aromatic rings. The Morgan fingerprint density at radius 2 is 1.48 bits per heavy atom. The molecular formula is C31H26FN5O5. The summed E-state index contributed by atoms with van der Waals surface area (Å²) in [5.41, 5.74) is 1.83. The standard InChI is InChI=1S/C31H26FN5O5/c1-40-25-15-18-17-34-27-24(11-14-33-28(27)37-23(18)16-26(25)41-2)42-22-9-7-21(8-10-22)36-30(39)31(12-13-31)29(38)35-20-5-3-19(32)4-6-20/h3-11,14-17H,12-13H2,1-2H3,(H,33,37)(H,35,38)(H,36,39).